The second-order valence-electron chi connectivity index (χ2n) is 6.36. The van der Waals surface area contributed by atoms with Gasteiger partial charge in [-0.2, -0.15) is 0 Å². The lowest BCUT2D eigenvalue weighted by atomic mass is 9.74. The summed E-state index contributed by atoms with van der Waals surface area (Å²) in [6, 6.07) is 6.63. The fourth-order valence-electron chi connectivity index (χ4n) is 4.29. The molecule has 24 heavy (non-hydrogen) atoms. The molecule has 2 fully saturated rings. The third kappa shape index (κ3) is 1.85. The van der Waals surface area contributed by atoms with Crippen LogP contribution in [0.4, 0.5) is 5.69 Å². The number of carboxylic acids is 1. The van der Waals surface area contributed by atoms with Gasteiger partial charge >= 0.3 is 5.97 Å². The number of amides is 1. The maximum atomic E-state index is 13.1. The molecule has 3 aliphatic rings. The standard InChI is InChI=1S/C18H16ClNO4/c1-2-3-13-18-9-8-12(24-18)14(17(22)23)15(18)16(21)20(13)11-6-4-10(19)5-7-11/h2,4-9,12-15H,1,3H2,(H,22,23)/t12-,13+,14-,15+,18+/m0/s1. The molecule has 0 aromatic heterocycles. The Balaban J connectivity index is 1.83. The van der Waals surface area contributed by atoms with Crippen LogP contribution in [0.1, 0.15) is 6.42 Å². The number of benzene rings is 1. The largest absolute Gasteiger partial charge is 0.481 e. The molecule has 1 spiro atoms. The third-order valence-electron chi connectivity index (χ3n) is 5.20. The number of rotatable bonds is 4. The van der Waals surface area contributed by atoms with Gasteiger partial charge in [0.05, 0.1) is 18.1 Å². The van der Waals surface area contributed by atoms with E-state index in [1.165, 1.54) is 0 Å². The summed E-state index contributed by atoms with van der Waals surface area (Å²) >= 11 is 5.94. The van der Waals surface area contributed by atoms with Crippen LogP contribution in [0.15, 0.2) is 49.1 Å². The second-order valence-corrected chi connectivity index (χ2v) is 6.80. The number of nitrogens with zero attached hydrogens (tertiary/aromatic N) is 1. The summed E-state index contributed by atoms with van der Waals surface area (Å²) < 4.78 is 6.04. The first-order valence-electron chi connectivity index (χ1n) is 7.79. The molecule has 5 nitrogen and oxygen atoms in total. The van der Waals surface area contributed by atoms with Crippen molar-refractivity contribution in [2.45, 2.75) is 24.2 Å². The van der Waals surface area contributed by atoms with E-state index in [1.807, 2.05) is 6.08 Å². The minimum Gasteiger partial charge on any atom is -0.481 e. The molecule has 1 aromatic rings. The number of carboxylic acid groups (broad SMARTS) is 1. The van der Waals surface area contributed by atoms with Crippen molar-refractivity contribution in [2.75, 3.05) is 4.90 Å². The van der Waals surface area contributed by atoms with Crippen LogP contribution in [-0.2, 0) is 14.3 Å². The number of halogens is 1. The zero-order chi connectivity index (χ0) is 17.1. The normalized spacial score (nSPS) is 36.2. The van der Waals surface area contributed by atoms with Gasteiger partial charge in [0.1, 0.15) is 11.5 Å². The van der Waals surface area contributed by atoms with Gasteiger partial charge in [0.15, 0.2) is 0 Å². The van der Waals surface area contributed by atoms with Crippen molar-refractivity contribution >= 4 is 29.2 Å². The molecule has 1 N–H and O–H groups in total. The predicted octanol–water partition coefficient (Wildman–Crippen LogP) is 2.66. The van der Waals surface area contributed by atoms with Gasteiger partial charge in [-0.05, 0) is 30.7 Å². The van der Waals surface area contributed by atoms with E-state index in [0.717, 1.165) is 0 Å². The van der Waals surface area contributed by atoms with Crippen LogP contribution in [-0.4, -0.2) is 34.7 Å². The topological polar surface area (TPSA) is 66.8 Å². The molecular weight excluding hydrogens is 330 g/mol. The molecule has 0 saturated carbocycles. The van der Waals surface area contributed by atoms with Gasteiger partial charge in [0.25, 0.3) is 0 Å². The summed E-state index contributed by atoms with van der Waals surface area (Å²) in [5.74, 6) is -2.79. The Hall–Kier alpha value is -2.11. The molecule has 6 heteroatoms. The molecule has 2 bridgehead atoms. The predicted molar refractivity (Wildman–Crippen MR) is 88.9 cm³/mol. The fraction of sp³-hybridized carbons (Fsp3) is 0.333. The second kappa shape index (κ2) is 5.19. The highest BCUT2D eigenvalue weighted by Gasteiger charge is 2.71. The average molecular weight is 346 g/mol. The zero-order valence-corrected chi connectivity index (χ0v) is 13.5. The third-order valence-corrected chi connectivity index (χ3v) is 5.45. The fourth-order valence-corrected chi connectivity index (χ4v) is 4.41. The molecule has 1 aromatic carbocycles. The Bertz CT molecular complexity index is 759. The SMILES string of the molecule is C=CC[C@H]1N(c2ccc(Cl)cc2)C(=O)[C@H]2[C@@H](C(=O)O)[C@@H]3C=C[C@]21O3. The summed E-state index contributed by atoms with van der Waals surface area (Å²) in [5.41, 5.74) is -0.219. The van der Waals surface area contributed by atoms with Crippen LogP contribution < -0.4 is 4.90 Å². The summed E-state index contributed by atoms with van der Waals surface area (Å²) in [6.07, 6.45) is 5.33. The lowest BCUT2D eigenvalue weighted by Gasteiger charge is -2.32. The average Bonchev–Trinajstić information content (AvgIpc) is 3.18. The van der Waals surface area contributed by atoms with E-state index in [4.69, 9.17) is 16.3 Å². The number of fused-ring (bicyclic) bond motifs is 1. The van der Waals surface area contributed by atoms with E-state index in [1.54, 1.807) is 41.3 Å². The number of ether oxygens (including phenoxy) is 1. The highest BCUT2D eigenvalue weighted by Crippen LogP contribution is 2.56. The summed E-state index contributed by atoms with van der Waals surface area (Å²) in [6.45, 7) is 3.78. The Morgan fingerprint density at radius 3 is 2.75 bits per heavy atom. The number of aliphatic carboxylic acids is 1. The lowest BCUT2D eigenvalue weighted by Crippen LogP contribution is -2.45. The highest BCUT2D eigenvalue weighted by molar-refractivity contribution is 6.30. The van der Waals surface area contributed by atoms with E-state index in [2.05, 4.69) is 6.58 Å². The number of hydrogen-bond acceptors (Lipinski definition) is 3. The van der Waals surface area contributed by atoms with Gasteiger partial charge in [0, 0.05) is 10.7 Å². The molecule has 3 aliphatic heterocycles. The molecule has 1 amide bonds. The Morgan fingerprint density at radius 1 is 1.42 bits per heavy atom. The first-order valence-corrected chi connectivity index (χ1v) is 8.17. The van der Waals surface area contributed by atoms with Gasteiger partial charge in [0.2, 0.25) is 5.91 Å². The zero-order valence-electron chi connectivity index (χ0n) is 12.8. The van der Waals surface area contributed by atoms with Crippen molar-refractivity contribution in [2.24, 2.45) is 11.8 Å². The molecule has 0 unspecified atom stereocenters. The molecule has 2 saturated heterocycles. The van der Waals surface area contributed by atoms with Gasteiger partial charge in [-0.25, -0.2) is 0 Å². The number of carbonyl (C=O) groups is 2. The Morgan fingerprint density at radius 2 is 2.12 bits per heavy atom. The Kier molecular flexibility index (Phi) is 3.34. The maximum Gasteiger partial charge on any atom is 0.310 e. The summed E-state index contributed by atoms with van der Waals surface area (Å²) in [7, 11) is 0. The smallest absolute Gasteiger partial charge is 0.310 e. The molecule has 3 heterocycles. The number of anilines is 1. The van der Waals surface area contributed by atoms with E-state index in [-0.39, 0.29) is 11.9 Å². The van der Waals surface area contributed by atoms with Gasteiger partial charge in [-0.3, -0.25) is 9.59 Å². The molecule has 5 atom stereocenters. The monoisotopic (exact) mass is 345 g/mol. The van der Waals surface area contributed by atoms with Crippen molar-refractivity contribution in [3.8, 4) is 0 Å². The highest BCUT2D eigenvalue weighted by atomic mass is 35.5. The molecular formula is C18H16ClNO4. The summed E-state index contributed by atoms with van der Waals surface area (Å²) in [5, 5.41) is 10.2. The first-order chi connectivity index (χ1) is 11.5. The minimum absolute atomic E-state index is 0.219. The van der Waals surface area contributed by atoms with Crippen LogP contribution in [0.25, 0.3) is 0 Å². The van der Waals surface area contributed by atoms with Crippen LogP contribution in [0, 0.1) is 11.8 Å². The maximum absolute atomic E-state index is 13.1. The minimum atomic E-state index is -1.00. The first kappa shape index (κ1) is 15.4. The van der Waals surface area contributed by atoms with Crippen LogP contribution in [0.3, 0.4) is 0 Å². The lowest BCUT2D eigenvalue weighted by molar-refractivity contribution is -0.146. The molecule has 0 aliphatic carbocycles. The molecule has 0 radical (unpaired) electrons. The van der Waals surface area contributed by atoms with Crippen LogP contribution >= 0.6 is 11.6 Å². The van der Waals surface area contributed by atoms with Crippen LogP contribution in [0.2, 0.25) is 5.02 Å². The number of hydrogen-bond donors (Lipinski definition) is 1. The van der Waals surface area contributed by atoms with Crippen molar-refractivity contribution in [3.05, 3.63) is 54.1 Å². The molecule has 4 rings (SSSR count). The van der Waals surface area contributed by atoms with E-state index < -0.39 is 29.5 Å². The van der Waals surface area contributed by atoms with Gasteiger partial charge in [-0.15, -0.1) is 6.58 Å². The van der Waals surface area contributed by atoms with E-state index in [0.29, 0.717) is 17.1 Å². The summed E-state index contributed by atoms with van der Waals surface area (Å²) in [4.78, 5) is 26.5. The van der Waals surface area contributed by atoms with Crippen molar-refractivity contribution in [3.63, 3.8) is 0 Å². The van der Waals surface area contributed by atoms with Crippen molar-refractivity contribution in [1.82, 2.24) is 0 Å². The van der Waals surface area contributed by atoms with Crippen molar-refractivity contribution in [1.29, 1.82) is 0 Å². The van der Waals surface area contributed by atoms with E-state index in [9.17, 15) is 14.7 Å². The van der Waals surface area contributed by atoms with Gasteiger partial charge in [-0.1, -0.05) is 29.8 Å². The van der Waals surface area contributed by atoms with Crippen molar-refractivity contribution < 1.29 is 19.4 Å². The van der Waals surface area contributed by atoms with Gasteiger partial charge < -0.3 is 14.7 Å². The Labute approximate surface area is 144 Å². The van der Waals surface area contributed by atoms with E-state index >= 15 is 0 Å². The number of carbonyl (C=O) groups excluding carboxylic acids is 1. The quantitative estimate of drug-likeness (QED) is 0.852. The molecule has 124 valence electrons. The van der Waals surface area contributed by atoms with Crippen LogP contribution in [0.5, 0.6) is 0 Å².